The lowest BCUT2D eigenvalue weighted by molar-refractivity contribution is 0.772. The number of hydrogen-bond acceptors (Lipinski definition) is 0. The van der Waals surface area contributed by atoms with Crippen LogP contribution in [0.5, 0.6) is 0 Å². The Hall–Kier alpha value is -1.77. The van der Waals surface area contributed by atoms with E-state index in [1.54, 1.807) is 5.57 Å². The Morgan fingerprint density at radius 1 is 0.818 bits per heavy atom. The van der Waals surface area contributed by atoms with Gasteiger partial charge in [-0.25, -0.2) is 0 Å². The Bertz CT molecular complexity index is 1240. The highest BCUT2D eigenvalue weighted by atomic mass is 35.8. The molecule has 3 aromatic carbocycles. The first-order chi connectivity index (χ1) is 15.9. The predicted octanol–water partition coefficient (Wildman–Crippen LogP) is 9.69. The normalized spacial score (nSPS) is 17.2. The molecule has 4 heteroatoms. The van der Waals surface area contributed by atoms with Crippen molar-refractivity contribution in [3.05, 3.63) is 106 Å². The van der Waals surface area contributed by atoms with E-state index in [-0.39, 0.29) is 0 Å². The third-order valence-corrected chi connectivity index (χ3v) is 9.55. The summed E-state index contributed by atoms with van der Waals surface area (Å²) in [5.74, 6) is 0.310. The lowest BCUT2D eigenvalue weighted by Crippen LogP contribution is -2.08. The van der Waals surface area contributed by atoms with Crippen molar-refractivity contribution in [1.82, 2.24) is 0 Å². The van der Waals surface area contributed by atoms with Crippen LogP contribution in [0.15, 0.2) is 83.9 Å². The Labute approximate surface area is 212 Å². The first-order valence-corrected chi connectivity index (χ1v) is 16.9. The Morgan fingerprint density at radius 3 is 2.33 bits per heavy atom. The fraction of sp³-hybridized carbons (Fsp3) is 0.241. The summed E-state index contributed by atoms with van der Waals surface area (Å²) in [6, 6.07) is 24.6. The molecule has 2 aliphatic carbocycles. The van der Waals surface area contributed by atoms with E-state index in [0.29, 0.717) is 5.92 Å². The lowest BCUT2D eigenvalue weighted by Gasteiger charge is -2.21. The maximum Gasteiger partial charge on any atom is 0.341 e. The van der Waals surface area contributed by atoms with E-state index >= 15 is 0 Å². The quantitative estimate of drug-likeness (QED) is 0.169. The zero-order valence-corrected chi connectivity index (χ0v) is 22.0. The van der Waals surface area contributed by atoms with Crippen molar-refractivity contribution in [2.45, 2.75) is 44.6 Å². The summed E-state index contributed by atoms with van der Waals surface area (Å²) in [4.78, 5) is 0. The van der Waals surface area contributed by atoms with Gasteiger partial charge in [0.2, 0.25) is 0 Å². The average Bonchev–Trinajstić information content (AvgIpc) is 3.32. The zero-order valence-electron chi connectivity index (χ0n) is 18.8. The molecule has 5 rings (SSSR count). The average molecular weight is 510 g/mol. The molecule has 1 unspecified atom stereocenters. The van der Waals surface area contributed by atoms with E-state index in [1.165, 1.54) is 44.5 Å². The van der Waals surface area contributed by atoms with Crippen molar-refractivity contribution in [1.29, 1.82) is 0 Å². The largest absolute Gasteiger partial charge is 0.341 e. The molecule has 0 aromatic heterocycles. The molecule has 1 atom stereocenters. The van der Waals surface area contributed by atoms with Gasteiger partial charge in [-0.15, -0.1) is 33.2 Å². The number of unbranched alkanes of at least 4 members (excludes halogenated alkanes) is 1. The van der Waals surface area contributed by atoms with Crippen molar-refractivity contribution in [3.63, 3.8) is 0 Å². The smallest absolute Gasteiger partial charge is 0.126 e. The SMILES string of the molecule is CC1=Cc2c(-c3ccccc3)cccc2C1C1=C(CCCC[Si](Cl)(Cl)Cl)Cc2ccccc21. The summed E-state index contributed by atoms with van der Waals surface area (Å²) in [6.07, 6.45) is 6.55. The second-order valence-electron chi connectivity index (χ2n) is 9.17. The summed E-state index contributed by atoms with van der Waals surface area (Å²) < 4.78 is 0. The number of halogens is 3. The molecule has 0 saturated heterocycles. The Kier molecular flexibility index (Phi) is 6.60. The maximum atomic E-state index is 6.12. The summed E-state index contributed by atoms with van der Waals surface area (Å²) in [5, 5.41) is 0. The molecule has 0 fully saturated rings. The van der Waals surface area contributed by atoms with Crippen molar-refractivity contribution >= 4 is 50.9 Å². The van der Waals surface area contributed by atoms with Gasteiger partial charge in [0.25, 0.3) is 0 Å². The van der Waals surface area contributed by atoms with Crippen LogP contribution in [0.2, 0.25) is 6.04 Å². The van der Waals surface area contributed by atoms with Gasteiger partial charge >= 0.3 is 6.00 Å². The van der Waals surface area contributed by atoms with Crippen LogP contribution in [-0.4, -0.2) is 6.00 Å². The Morgan fingerprint density at radius 2 is 1.55 bits per heavy atom. The topological polar surface area (TPSA) is 0 Å². The van der Waals surface area contributed by atoms with Gasteiger partial charge in [0.15, 0.2) is 0 Å². The first-order valence-electron chi connectivity index (χ1n) is 11.7. The summed E-state index contributed by atoms with van der Waals surface area (Å²) in [5.41, 5.74) is 12.7. The third kappa shape index (κ3) is 4.75. The third-order valence-electron chi connectivity index (χ3n) is 6.93. The van der Waals surface area contributed by atoms with Crippen LogP contribution in [0, 0.1) is 0 Å². The van der Waals surface area contributed by atoms with E-state index in [9.17, 15) is 0 Å². The molecule has 33 heavy (non-hydrogen) atoms. The Balaban J connectivity index is 1.54. The second kappa shape index (κ2) is 9.47. The minimum absolute atomic E-state index is 0.310. The highest BCUT2D eigenvalue weighted by Gasteiger charge is 2.34. The van der Waals surface area contributed by atoms with Crippen LogP contribution < -0.4 is 0 Å². The molecular formula is C29H27Cl3Si. The molecule has 0 nitrogen and oxygen atoms in total. The molecule has 0 radical (unpaired) electrons. The monoisotopic (exact) mass is 508 g/mol. The van der Waals surface area contributed by atoms with Gasteiger partial charge in [0.05, 0.1) is 0 Å². The van der Waals surface area contributed by atoms with Crippen molar-refractivity contribution in [3.8, 4) is 11.1 Å². The molecular weight excluding hydrogens is 483 g/mol. The molecule has 0 heterocycles. The number of allylic oxidation sites excluding steroid dienone is 3. The van der Waals surface area contributed by atoms with Crippen molar-refractivity contribution < 1.29 is 0 Å². The van der Waals surface area contributed by atoms with E-state index < -0.39 is 6.00 Å². The second-order valence-corrected chi connectivity index (χ2v) is 18.4. The highest BCUT2D eigenvalue weighted by Crippen LogP contribution is 2.52. The van der Waals surface area contributed by atoms with Gasteiger partial charge in [-0.3, -0.25) is 0 Å². The molecule has 0 N–H and O–H groups in total. The van der Waals surface area contributed by atoms with E-state index in [2.05, 4.69) is 85.8 Å². The number of fused-ring (bicyclic) bond motifs is 2. The first kappa shape index (κ1) is 23.0. The molecule has 0 bridgehead atoms. The standard InChI is InChI=1S/C29H27Cl3Si/c1-20-18-27-24(21-10-3-2-4-11-21)15-9-16-26(27)28(20)29-23(13-7-8-17-33(30,31)32)19-22-12-5-6-14-25(22)29/h2-6,9-12,14-16,18,28H,7-8,13,17,19H2,1H3. The number of benzene rings is 3. The van der Waals surface area contributed by atoms with Crippen LogP contribution in [0.25, 0.3) is 22.8 Å². The summed E-state index contributed by atoms with van der Waals surface area (Å²) in [7, 11) is 0. The van der Waals surface area contributed by atoms with Gasteiger partial charge in [-0.05, 0) is 71.2 Å². The van der Waals surface area contributed by atoms with Gasteiger partial charge in [-0.1, -0.05) is 96.4 Å². The number of rotatable bonds is 7. The molecule has 0 amide bonds. The van der Waals surface area contributed by atoms with Gasteiger partial charge in [-0.2, -0.15) is 0 Å². The molecule has 168 valence electrons. The van der Waals surface area contributed by atoms with Crippen LogP contribution in [0.1, 0.15) is 54.4 Å². The van der Waals surface area contributed by atoms with Gasteiger partial charge in [0, 0.05) is 5.92 Å². The van der Waals surface area contributed by atoms with Gasteiger partial charge in [0.1, 0.15) is 0 Å². The van der Waals surface area contributed by atoms with E-state index in [0.717, 1.165) is 31.7 Å². The van der Waals surface area contributed by atoms with Crippen LogP contribution in [0.4, 0.5) is 0 Å². The van der Waals surface area contributed by atoms with E-state index in [1.807, 2.05) is 0 Å². The highest BCUT2D eigenvalue weighted by molar-refractivity contribution is 7.64. The van der Waals surface area contributed by atoms with Crippen molar-refractivity contribution in [2.24, 2.45) is 0 Å². The molecule has 2 aliphatic rings. The minimum Gasteiger partial charge on any atom is -0.126 e. The lowest BCUT2D eigenvalue weighted by atomic mass is 9.82. The minimum atomic E-state index is -2.55. The van der Waals surface area contributed by atoms with Crippen molar-refractivity contribution in [2.75, 3.05) is 0 Å². The molecule has 0 spiro atoms. The maximum absolute atomic E-state index is 6.12. The van der Waals surface area contributed by atoms with E-state index in [4.69, 9.17) is 33.2 Å². The number of hydrogen-bond donors (Lipinski definition) is 0. The van der Waals surface area contributed by atoms with Crippen LogP contribution in [-0.2, 0) is 6.42 Å². The fourth-order valence-corrected chi connectivity index (χ4v) is 7.36. The van der Waals surface area contributed by atoms with Crippen LogP contribution >= 0.6 is 33.2 Å². The van der Waals surface area contributed by atoms with Crippen LogP contribution in [0.3, 0.4) is 0 Å². The van der Waals surface area contributed by atoms with Gasteiger partial charge < -0.3 is 0 Å². The zero-order chi connectivity index (χ0) is 23.0. The summed E-state index contributed by atoms with van der Waals surface area (Å²) >= 11 is 18.4. The molecule has 0 saturated carbocycles. The molecule has 0 aliphatic heterocycles. The molecule has 3 aromatic rings. The summed E-state index contributed by atoms with van der Waals surface area (Å²) in [6.45, 7) is 2.29. The fourth-order valence-electron chi connectivity index (χ4n) is 5.50. The predicted molar refractivity (Wildman–Crippen MR) is 147 cm³/mol.